The third kappa shape index (κ3) is 4.61. The summed E-state index contributed by atoms with van der Waals surface area (Å²) in [6.45, 7) is 6.16. The molecule has 3 N–H and O–H groups in total. The van der Waals surface area contributed by atoms with Crippen LogP contribution in [0.15, 0.2) is 36.4 Å². The van der Waals surface area contributed by atoms with Crippen LogP contribution in [0.25, 0.3) is 32.8 Å². The van der Waals surface area contributed by atoms with E-state index in [9.17, 15) is 9.50 Å². The number of nitrogens with one attached hydrogen (secondary N) is 2. The molecule has 5 aliphatic rings. The molecule has 1 saturated carbocycles. The van der Waals surface area contributed by atoms with Gasteiger partial charge in [-0.15, -0.1) is 0 Å². The number of likely N-dealkylation sites (tertiary alicyclic amines) is 1. The van der Waals surface area contributed by atoms with Crippen molar-refractivity contribution in [2.75, 3.05) is 50.8 Å². The van der Waals surface area contributed by atoms with Crippen LogP contribution in [-0.4, -0.2) is 84.0 Å². The van der Waals surface area contributed by atoms with Gasteiger partial charge in [-0.1, -0.05) is 12.1 Å². The van der Waals surface area contributed by atoms with Gasteiger partial charge in [-0.25, -0.2) is 13.2 Å². The van der Waals surface area contributed by atoms with Crippen molar-refractivity contribution < 1.29 is 23.0 Å². The number of hydrogen-bond donors (Lipinski definition) is 3. The van der Waals surface area contributed by atoms with Gasteiger partial charge in [0.25, 0.3) is 0 Å². The number of anilines is 1. The minimum absolute atomic E-state index is 0.0139. The summed E-state index contributed by atoms with van der Waals surface area (Å²) in [5.41, 5.74) is 0.164. The highest BCUT2D eigenvalue weighted by molar-refractivity contribution is 6.01. The van der Waals surface area contributed by atoms with E-state index in [2.05, 4.69) is 25.4 Å². The van der Waals surface area contributed by atoms with Crippen molar-refractivity contribution in [1.82, 2.24) is 25.5 Å². The SMILES string of the molecule is Oc1cc(-c2ccc3c(N4CC5CCC(C4)N5)nc(OCC4(CN5CC6CNCC65)CC4)nc3c2F)c2c(F)c(F)ccc2c1. The van der Waals surface area contributed by atoms with Crippen LogP contribution in [0, 0.1) is 28.8 Å². The second kappa shape index (κ2) is 10.2. The van der Waals surface area contributed by atoms with Crippen molar-refractivity contribution in [3.8, 4) is 22.9 Å². The van der Waals surface area contributed by atoms with Crippen LogP contribution in [0.5, 0.6) is 11.8 Å². The van der Waals surface area contributed by atoms with Gasteiger partial charge in [0.1, 0.15) is 17.1 Å². The van der Waals surface area contributed by atoms with Crippen LogP contribution in [0.1, 0.15) is 25.7 Å². The van der Waals surface area contributed by atoms with Gasteiger partial charge in [0, 0.05) is 85.1 Å². The molecular formula is C34H35F3N6O2. The molecule has 2 bridgehead atoms. The number of aromatic nitrogens is 2. The molecule has 4 saturated heterocycles. The lowest BCUT2D eigenvalue weighted by Crippen LogP contribution is -2.57. The van der Waals surface area contributed by atoms with Gasteiger partial charge in [-0.2, -0.15) is 9.97 Å². The predicted octanol–water partition coefficient (Wildman–Crippen LogP) is 4.58. The Hall–Kier alpha value is -3.67. The van der Waals surface area contributed by atoms with Crippen LogP contribution in [0.4, 0.5) is 19.0 Å². The first-order chi connectivity index (χ1) is 21.8. The Kier molecular flexibility index (Phi) is 6.24. The minimum atomic E-state index is -1.10. The summed E-state index contributed by atoms with van der Waals surface area (Å²) >= 11 is 0. The second-order valence-electron chi connectivity index (χ2n) is 13.9. The summed E-state index contributed by atoms with van der Waals surface area (Å²) in [5.74, 6) is -1.66. The first kappa shape index (κ1) is 27.6. The molecule has 4 aromatic rings. The fourth-order valence-electron chi connectivity index (χ4n) is 8.19. The molecule has 0 spiro atoms. The molecule has 4 unspecified atom stereocenters. The maximum Gasteiger partial charge on any atom is 0.319 e. The van der Waals surface area contributed by atoms with Crippen LogP contribution in [0.3, 0.4) is 0 Å². The van der Waals surface area contributed by atoms with E-state index in [1.54, 1.807) is 6.07 Å². The number of phenolic OH excluding ortho intramolecular Hbond substituents is 1. The van der Waals surface area contributed by atoms with Crippen LogP contribution >= 0.6 is 0 Å². The lowest BCUT2D eigenvalue weighted by molar-refractivity contribution is 0.0208. The molecule has 5 heterocycles. The molecule has 1 aliphatic carbocycles. The average molecular weight is 617 g/mol. The fraction of sp³-hybridized carbons (Fsp3) is 0.471. The summed E-state index contributed by atoms with van der Waals surface area (Å²) in [6, 6.07) is 9.64. The number of nitrogens with zero attached hydrogens (tertiary/aromatic N) is 4. The number of fused-ring (bicyclic) bond motifs is 5. The highest BCUT2D eigenvalue weighted by Crippen LogP contribution is 2.49. The molecule has 5 fully saturated rings. The van der Waals surface area contributed by atoms with E-state index in [0.29, 0.717) is 35.9 Å². The Balaban J connectivity index is 1.11. The molecule has 4 aliphatic heterocycles. The van der Waals surface area contributed by atoms with E-state index < -0.39 is 17.5 Å². The Labute approximate surface area is 258 Å². The molecule has 8 nitrogen and oxygen atoms in total. The molecular weight excluding hydrogens is 581 g/mol. The molecule has 45 heavy (non-hydrogen) atoms. The Morgan fingerprint density at radius 1 is 0.933 bits per heavy atom. The topological polar surface area (TPSA) is 85.8 Å². The zero-order valence-electron chi connectivity index (χ0n) is 24.8. The van der Waals surface area contributed by atoms with E-state index in [1.807, 2.05) is 0 Å². The number of benzene rings is 3. The first-order valence-corrected chi connectivity index (χ1v) is 16.0. The number of ether oxygens (including phenoxy) is 1. The van der Waals surface area contributed by atoms with Crippen LogP contribution < -0.4 is 20.3 Å². The summed E-state index contributed by atoms with van der Waals surface area (Å²) in [6.07, 6.45) is 4.30. The van der Waals surface area contributed by atoms with E-state index in [1.165, 1.54) is 24.3 Å². The van der Waals surface area contributed by atoms with Crippen molar-refractivity contribution in [2.45, 2.75) is 43.8 Å². The molecule has 4 atom stereocenters. The van der Waals surface area contributed by atoms with Crippen LogP contribution in [0.2, 0.25) is 0 Å². The van der Waals surface area contributed by atoms with Gasteiger partial charge in [0.2, 0.25) is 0 Å². The van der Waals surface area contributed by atoms with Gasteiger partial charge in [-0.05, 0) is 60.9 Å². The van der Waals surface area contributed by atoms with Gasteiger partial charge in [0.15, 0.2) is 17.5 Å². The molecule has 11 heteroatoms. The quantitative estimate of drug-likeness (QED) is 0.279. The monoisotopic (exact) mass is 616 g/mol. The lowest BCUT2D eigenvalue weighted by atomic mass is 9.90. The van der Waals surface area contributed by atoms with Crippen molar-refractivity contribution in [3.05, 3.63) is 53.8 Å². The highest BCUT2D eigenvalue weighted by atomic mass is 19.2. The van der Waals surface area contributed by atoms with Gasteiger partial charge in [0.05, 0.1) is 6.61 Å². The minimum Gasteiger partial charge on any atom is -0.508 e. The van der Waals surface area contributed by atoms with Gasteiger partial charge in [-0.3, -0.25) is 4.90 Å². The zero-order chi connectivity index (χ0) is 30.4. The van der Waals surface area contributed by atoms with Crippen molar-refractivity contribution in [1.29, 1.82) is 0 Å². The van der Waals surface area contributed by atoms with Crippen LogP contribution in [-0.2, 0) is 0 Å². The number of rotatable bonds is 7. The summed E-state index contributed by atoms with van der Waals surface area (Å²) in [5, 5.41) is 18.3. The second-order valence-corrected chi connectivity index (χ2v) is 13.9. The third-order valence-electron chi connectivity index (χ3n) is 10.8. The maximum atomic E-state index is 16.7. The molecule has 9 rings (SSSR count). The van der Waals surface area contributed by atoms with Gasteiger partial charge < -0.3 is 25.4 Å². The van der Waals surface area contributed by atoms with E-state index in [4.69, 9.17) is 9.72 Å². The zero-order valence-corrected chi connectivity index (χ0v) is 24.8. The normalized spacial score (nSPS) is 26.8. The fourth-order valence-corrected chi connectivity index (χ4v) is 8.19. The number of piperazine rings is 1. The first-order valence-electron chi connectivity index (χ1n) is 16.0. The summed E-state index contributed by atoms with van der Waals surface area (Å²) < 4.78 is 52.5. The van der Waals surface area contributed by atoms with Crippen molar-refractivity contribution >= 4 is 27.5 Å². The van der Waals surface area contributed by atoms with Crippen molar-refractivity contribution in [2.24, 2.45) is 11.3 Å². The molecule has 3 aromatic carbocycles. The molecule has 234 valence electrons. The van der Waals surface area contributed by atoms with E-state index in [0.717, 1.165) is 76.9 Å². The number of halogens is 3. The summed E-state index contributed by atoms with van der Waals surface area (Å²) in [4.78, 5) is 14.2. The van der Waals surface area contributed by atoms with Gasteiger partial charge >= 0.3 is 6.01 Å². The maximum absolute atomic E-state index is 16.7. The van der Waals surface area contributed by atoms with E-state index in [-0.39, 0.29) is 44.6 Å². The third-order valence-corrected chi connectivity index (χ3v) is 10.8. The Morgan fingerprint density at radius 2 is 1.76 bits per heavy atom. The Morgan fingerprint density at radius 3 is 2.53 bits per heavy atom. The standard InChI is InChI=1S/C34H35F3N6O2/c35-26-6-1-18-9-22(44)10-25(28(18)30(26)37)23-4-5-24-31(29(23)36)40-33(41-32(24)42-14-20-2-3-21(15-42)39-20)45-17-34(7-8-34)16-43-13-19-11-38-12-27(19)43/h1,4-6,9-10,19-21,27,38-39,44H,2-3,7-8,11-17H2. The predicted molar refractivity (Wildman–Crippen MR) is 165 cm³/mol. The molecule has 0 amide bonds. The number of hydrogen-bond acceptors (Lipinski definition) is 8. The lowest BCUT2D eigenvalue weighted by Gasteiger charge is -2.45. The number of phenols is 1. The molecule has 1 aromatic heterocycles. The number of aromatic hydroxyl groups is 1. The van der Waals surface area contributed by atoms with E-state index >= 15 is 8.78 Å². The van der Waals surface area contributed by atoms with Crippen molar-refractivity contribution in [3.63, 3.8) is 0 Å². The summed E-state index contributed by atoms with van der Waals surface area (Å²) in [7, 11) is 0. The largest absolute Gasteiger partial charge is 0.508 e. The molecule has 0 radical (unpaired) electrons. The average Bonchev–Trinajstić information content (AvgIpc) is 3.58. The smallest absolute Gasteiger partial charge is 0.319 e. The Bertz CT molecular complexity index is 1840. The highest BCUT2D eigenvalue weighted by Gasteiger charge is 2.51.